The largest absolute Gasteiger partial charge is 0.507 e. The molecule has 0 spiro atoms. The summed E-state index contributed by atoms with van der Waals surface area (Å²) in [5, 5.41) is 28.3. The Morgan fingerprint density at radius 1 is 1.29 bits per heavy atom. The highest BCUT2D eigenvalue weighted by Crippen LogP contribution is 2.32. The van der Waals surface area contributed by atoms with Crippen LogP contribution in [0.5, 0.6) is 5.75 Å². The minimum atomic E-state index is -1.52. The molecule has 14 heavy (non-hydrogen) atoms. The summed E-state index contributed by atoms with van der Waals surface area (Å²) in [6, 6.07) is 4.63. The summed E-state index contributed by atoms with van der Waals surface area (Å²) in [5.41, 5.74) is 0.392. The van der Waals surface area contributed by atoms with Crippen LogP contribution in [0.2, 0.25) is 0 Å². The van der Waals surface area contributed by atoms with Gasteiger partial charge in [-0.3, -0.25) is 0 Å². The molecule has 0 radical (unpaired) electrons. The fraction of sp³-hybridized carbons (Fsp3) is 0. The fourth-order valence-corrected chi connectivity index (χ4v) is 2.67. The van der Waals surface area contributed by atoms with Gasteiger partial charge in [-0.05, 0) is 12.1 Å². The van der Waals surface area contributed by atoms with Crippen molar-refractivity contribution in [3.63, 3.8) is 0 Å². The normalized spacial score (nSPS) is 10.8. The van der Waals surface area contributed by atoms with Gasteiger partial charge in [0, 0.05) is 15.5 Å². The lowest BCUT2D eigenvalue weighted by molar-refractivity contribution is 0.426. The second-order valence-electron chi connectivity index (χ2n) is 2.88. The summed E-state index contributed by atoms with van der Waals surface area (Å²) < 4.78 is 1.38. The van der Waals surface area contributed by atoms with Crippen LogP contribution in [0, 0.1) is 0 Å². The smallest absolute Gasteiger partial charge is 0.489 e. The number of hydrogen-bond acceptors (Lipinski definition) is 5. The number of thiol groups is 1. The summed E-state index contributed by atoms with van der Waals surface area (Å²) in [5.74, 6) is 0.126. The molecular formula is C8H7BO3S2. The molecule has 0 bridgehead atoms. The van der Waals surface area contributed by atoms with Gasteiger partial charge in [-0.15, -0.1) is 24.0 Å². The molecule has 1 aromatic heterocycles. The van der Waals surface area contributed by atoms with Crippen LogP contribution in [-0.2, 0) is 0 Å². The predicted octanol–water partition coefficient (Wildman–Crippen LogP) is 0.575. The minimum Gasteiger partial charge on any atom is -0.507 e. The number of fused-ring (bicyclic) bond motifs is 1. The third kappa shape index (κ3) is 1.50. The molecule has 0 saturated carbocycles. The summed E-state index contributed by atoms with van der Waals surface area (Å²) in [4.78, 5) is 0. The lowest BCUT2D eigenvalue weighted by atomic mass is 9.80. The van der Waals surface area contributed by atoms with Crippen LogP contribution in [0.4, 0.5) is 0 Å². The van der Waals surface area contributed by atoms with E-state index in [1.54, 1.807) is 6.07 Å². The summed E-state index contributed by atoms with van der Waals surface area (Å²) in [6.07, 6.45) is 0. The van der Waals surface area contributed by atoms with Crippen molar-refractivity contribution in [3.8, 4) is 5.75 Å². The van der Waals surface area contributed by atoms with Crippen molar-refractivity contribution in [2.45, 2.75) is 4.21 Å². The molecule has 0 atom stereocenters. The first-order chi connectivity index (χ1) is 6.59. The standard InChI is InChI=1S/C8H7BO3S2/c10-6-2-1-5(9(11)12)8-4(6)3-7(13)14-8/h1-3,10-13H. The van der Waals surface area contributed by atoms with Gasteiger partial charge in [-0.1, -0.05) is 6.07 Å². The second kappa shape index (κ2) is 3.47. The highest BCUT2D eigenvalue weighted by Gasteiger charge is 2.17. The highest BCUT2D eigenvalue weighted by atomic mass is 32.2. The van der Waals surface area contributed by atoms with Crippen molar-refractivity contribution in [1.82, 2.24) is 0 Å². The van der Waals surface area contributed by atoms with E-state index in [0.29, 0.717) is 15.5 Å². The molecule has 0 unspecified atom stereocenters. The molecule has 3 nitrogen and oxygen atoms in total. The Hall–Kier alpha value is -0.685. The van der Waals surface area contributed by atoms with Crippen LogP contribution in [-0.4, -0.2) is 22.3 Å². The molecular weight excluding hydrogens is 219 g/mol. The van der Waals surface area contributed by atoms with Crippen molar-refractivity contribution < 1.29 is 15.2 Å². The zero-order chi connectivity index (χ0) is 10.3. The lowest BCUT2D eigenvalue weighted by Gasteiger charge is -2.01. The van der Waals surface area contributed by atoms with Crippen LogP contribution >= 0.6 is 24.0 Å². The van der Waals surface area contributed by atoms with E-state index in [9.17, 15) is 5.11 Å². The van der Waals surface area contributed by atoms with Crippen molar-refractivity contribution >= 4 is 46.6 Å². The van der Waals surface area contributed by atoms with Gasteiger partial charge in [0.1, 0.15) is 5.75 Å². The van der Waals surface area contributed by atoms with E-state index in [2.05, 4.69) is 12.6 Å². The van der Waals surface area contributed by atoms with E-state index in [0.717, 1.165) is 4.21 Å². The quantitative estimate of drug-likeness (QED) is 0.425. The van der Waals surface area contributed by atoms with Crippen molar-refractivity contribution in [2.75, 3.05) is 0 Å². The molecule has 0 aliphatic rings. The van der Waals surface area contributed by atoms with Gasteiger partial charge in [0.15, 0.2) is 0 Å². The Morgan fingerprint density at radius 2 is 2.00 bits per heavy atom. The van der Waals surface area contributed by atoms with E-state index in [4.69, 9.17) is 10.0 Å². The van der Waals surface area contributed by atoms with Gasteiger partial charge in [0.05, 0.1) is 4.21 Å². The third-order valence-electron chi connectivity index (χ3n) is 1.96. The van der Waals surface area contributed by atoms with Gasteiger partial charge < -0.3 is 15.2 Å². The summed E-state index contributed by atoms with van der Waals surface area (Å²) >= 11 is 5.46. The maximum absolute atomic E-state index is 9.50. The van der Waals surface area contributed by atoms with Gasteiger partial charge in [0.2, 0.25) is 0 Å². The van der Waals surface area contributed by atoms with Gasteiger partial charge in [-0.2, -0.15) is 0 Å². The van der Waals surface area contributed by atoms with E-state index in [1.165, 1.54) is 23.5 Å². The van der Waals surface area contributed by atoms with Crippen molar-refractivity contribution in [2.24, 2.45) is 0 Å². The SMILES string of the molecule is OB(O)c1ccc(O)c2cc(S)sc12. The number of hydrogen-bond donors (Lipinski definition) is 4. The zero-order valence-electron chi connectivity index (χ0n) is 7.01. The molecule has 2 rings (SSSR count). The van der Waals surface area contributed by atoms with E-state index < -0.39 is 7.12 Å². The maximum Gasteiger partial charge on any atom is 0.489 e. The molecule has 2 aromatic rings. The number of phenols is 1. The van der Waals surface area contributed by atoms with Gasteiger partial charge >= 0.3 is 7.12 Å². The Bertz CT molecular complexity index is 481. The van der Waals surface area contributed by atoms with Crippen LogP contribution in [0.1, 0.15) is 0 Å². The summed E-state index contributed by atoms with van der Waals surface area (Å²) in [7, 11) is -1.52. The van der Waals surface area contributed by atoms with Crippen molar-refractivity contribution in [3.05, 3.63) is 18.2 Å². The number of phenolic OH excluding ortho intramolecular Hbond substituents is 1. The number of benzene rings is 1. The lowest BCUT2D eigenvalue weighted by Crippen LogP contribution is -2.29. The molecule has 0 aliphatic heterocycles. The minimum absolute atomic E-state index is 0.126. The van der Waals surface area contributed by atoms with E-state index in [-0.39, 0.29) is 5.75 Å². The molecule has 72 valence electrons. The average molecular weight is 226 g/mol. The maximum atomic E-state index is 9.50. The van der Waals surface area contributed by atoms with E-state index in [1.807, 2.05) is 0 Å². The number of aromatic hydroxyl groups is 1. The van der Waals surface area contributed by atoms with Gasteiger partial charge in [-0.25, -0.2) is 0 Å². The molecule has 0 amide bonds. The van der Waals surface area contributed by atoms with Crippen LogP contribution in [0.25, 0.3) is 10.1 Å². The van der Waals surface area contributed by atoms with E-state index >= 15 is 0 Å². The number of thiophene rings is 1. The van der Waals surface area contributed by atoms with Crippen molar-refractivity contribution in [1.29, 1.82) is 0 Å². The molecule has 0 fully saturated rings. The van der Waals surface area contributed by atoms with Crippen LogP contribution in [0.3, 0.4) is 0 Å². The molecule has 0 saturated heterocycles. The Labute approximate surface area is 90.2 Å². The number of rotatable bonds is 1. The summed E-state index contributed by atoms with van der Waals surface area (Å²) in [6.45, 7) is 0. The third-order valence-corrected chi connectivity index (χ3v) is 3.35. The van der Waals surface area contributed by atoms with Gasteiger partial charge in [0.25, 0.3) is 0 Å². The molecule has 1 aromatic carbocycles. The average Bonchev–Trinajstić information content (AvgIpc) is 2.47. The molecule has 0 aliphatic carbocycles. The monoisotopic (exact) mass is 226 g/mol. The van der Waals surface area contributed by atoms with Crippen LogP contribution in [0.15, 0.2) is 22.4 Å². The highest BCUT2D eigenvalue weighted by molar-refractivity contribution is 7.83. The zero-order valence-corrected chi connectivity index (χ0v) is 8.72. The van der Waals surface area contributed by atoms with Crippen LogP contribution < -0.4 is 5.46 Å². The Balaban J connectivity index is 2.81. The molecule has 3 N–H and O–H groups in total. The topological polar surface area (TPSA) is 60.7 Å². The molecule has 1 heterocycles. The fourth-order valence-electron chi connectivity index (χ4n) is 1.32. The first-order valence-electron chi connectivity index (χ1n) is 3.90. The first kappa shape index (κ1) is 9.85. The second-order valence-corrected chi connectivity index (χ2v) is 4.71. The molecule has 6 heteroatoms. The predicted molar refractivity (Wildman–Crippen MR) is 60.6 cm³/mol. The Kier molecular flexibility index (Phi) is 2.44. The first-order valence-corrected chi connectivity index (χ1v) is 5.16. The Morgan fingerprint density at radius 3 is 2.64 bits per heavy atom.